The highest BCUT2D eigenvalue weighted by Gasteiger charge is 2.25. The number of nitrogens with one attached hydrogen (secondary N) is 2. The maximum atomic E-state index is 12.8. The molecule has 2 aliphatic heterocycles. The largest absolute Gasteiger partial charge is 0.492 e. The molecule has 29 heavy (non-hydrogen) atoms. The molecule has 0 radical (unpaired) electrons. The van der Waals surface area contributed by atoms with Gasteiger partial charge in [-0.1, -0.05) is 0 Å². The predicted molar refractivity (Wildman–Crippen MR) is 114 cm³/mol. The van der Waals surface area contributed by atoms with Gasteiger partial charge in [-0.15, -0.1) is 0 Å². The second-order valence-corrected chi connectivity index (χ2v) is 7.81. The zero-order chi connectivity index (χ0) is 20.6. The lowest BCUT2D eigenvalue weighted by Crippen LogP contribution is -3.17. The van der Waals surface area contributed by atoms with E-state index in [1.807, 2.05) is 26.0 Å². The molecule has 2 saturated heterocycles. The molecular formula is C22H36N3O4+. The zero-order valence-corrected chi connectivity index (χ0v) is 18.1. The van der Waals surface area contributed by atoms with Crippen molar-refractivity contribution in [2.75, 3.05) is 62.8 Å². The molecule has 162 valence electrons. The van der Waals surface area contributed by atoms with Gasteiger partial charge >= 0.3 is 0 Å². The van der Waals surface area contributed by atoms with E-state index in [1.165, 1.54) is 24.2 Å². The highest BCUT2D eigenvalue weighted by molar-refractivity contribution is 5.94. The monoisotopic (exact) mass is 406 g/mol. The van der Waals surface area contributed by atoms with Gasteiger partial charge in [-0.05, 0) is 40.0 Å². The summed E-state index contributed by atoms with van der Waals surface area (Å²) in [5.41, 5.74) is 1.67. The summed E-state index contributed by atoms with van der Waals surface area (Å²) in [7, 11) is 0. The molecule has 1 aromatic carbocycles. The van der Waals surface area contributed by atoms with Crippen LogP contribution in [0.5, 0.6) is 11.5 Å². The van der Waals surface area contributed by atoms with Crippen molar-refractivity contribution in [2.45, 2.75) is 46.1 Å². The van der Waals surface area contributed by atoms with Crippen molar-refractivity contribution in [1.29, 1.82) is 0 Å². The Hall–Kier alpha value is -1.99. The van der Waals surface area contributed by atoms with Crippen molar-refractivity contribution in [3.63, 3.8) is 0 Å². The van der Waals surface area contributed by atoms with E-state index in [0.29, 0.717) is 50.5 Å². The Morgan fingerprint density at radius 1 is 1.17 bits per heavy atom. The number of morpholine rings is 1. The molecule has 2 heterocycles. The number of ether oxygens (including phenoxy) is 3. The van der Waals surface area contributed by atoms with Gasteiger partial charge in [0, 0.05) is 25.2 Å². The fourth-order valence-electron chi connectivity index (χ4n) is 4.16. The van der Waals surface area contributed by atoms with Gasteiger partial charge in [-0.25, -0.2) is 0 Å². The number of piperidine rings is 1. The second kappa shape index (κ2) is 10.7. The molecule has 3 rings (SSSR count). The van der Waals surface area contributed by atoms with Crippen LogP contribution in [0.4, 0.5) is 11.4 Å². The Kier molecular flexibility index (Phi) is 8.00. The summed E-state index contributed by atoms with van der Waals surface area (Å²) < 4.78 is 17.3. The Labute approximate surface area is 174 Å². The Morgan fingerprint density at radius 2 is 1.90 bits per heavy atom. The number of rotatable bonds is 8. The molecule has 2 fully saturated rings. The maximum Gasteiger partial charge on any atom is 0.279 e. The van der Waals surface area contributed by atoms with Gasteiger partial charge in [0.05, 0.1) is 50.4 Å². The van der Waals surface area contributed by atoms with Crippen LogP contribution in [-0.4, -0.2) is 64.6 Å². The van der Waals surface area contributed by atoms with Crippen molar-refractivity contribution < 1.29 is 23.9 Å². The molecule has 7 heteroatoms. The lowest BCUT2D eigenvalue weighted by Gasteiger charge is -2.31. The van der Waals surface area contributed by atoms with Crippen molar-refractivity contribution in [1.82, 2.24) is 0 Å². The molecule has 0 bridgehead atoms. The minimum atomic E-state index is 0.0243. The predicted octanol–water partition coefficient (Wildman–Crippen LogP) is 1.72. The Morgan fingerprint density at radius 3 is 2.59 bits per heavy atom. The number of nitrogens with zero attached hydrogens (tertiary/aromatic N) is 1. The van der Waals surface area contributed by atoms with E-state index in [1.54, 1.807) is 0 Å². The number of hydrogen-bond donors (Lipinski definition) is 2. The van der Waals surface area contributed by atoms with E-state index in [9.17, 15) is 4.79 Å². The summed E-state index contributed by atoms with van der Waals surface area (Å²) in [6.45, 7) is 11.8. The number of carbonyl (C=O) groups is 1. The van der Waals surface area contributed by atoms with Crippen molar-refractivity contribution in [3.05, 3.63) is 12.1 Å². The first-order chi connectivity index (χ1) is 14.1. The van der Waals surface area contributed by atoms with Crippen LogP contribution in [0.3, 0.4) is 0 Å². The molecule has 2 atom stereocenters. The minimum absolute atomic E-state index is 0.0243. The quantitative estimate of drug-likeness (QED) is 0.688. The van der Waals surface area contributed by atoms with Gasteiger partial charge in [0.25, 0.3) is 5.91 Å². The van der Waals surface area contributed by atoms with Crippen molar-refractivity contribution in [3.8, 4) is 11.5 Å². The average Bonchev–Trinajstić information content (AvgIpc) is 2.72. The normalized spacial score (nSPS) is 22.2. The number of hydrogen-bond acceptors (Lipinski definition) is 5. The number of anilines is 2. The van der Waals surface area contributed by atoms with Gasteiger partial charge in [-0.3, -0.25) is 4.79 Å². The van der Waals surface area contributed by atoms with Crippen LogP contribution in [0.25, 0.3) is 0 Å². The maximum absolute atomic E-state index is 12.8. The molecule has 1 aromatic rings. The molecule has 2 aliphatic rings. The van der Waals surface area contributed by atoms with E-state index in [0.717, 1.165) is 31.1 Å². The molecular weight excluding hydrogens is 370 g/mol. The van der Waals surface area contributed by atoms with Crippen molar-refractivity contribution >= 4 is 17.3 Å². The standard InChI is InChI=1S/C22H35N3O4/c1-4-28-20-15-19(24-10-12-27-13-11-24)21(29-5-2)14-18(20)23-22(26)16-25-9-7-6-8-17(25)3/h14-15,17H,4-13,16H2,1-3H3,(H,23,26)/p+1/t17-/m0/s1. The molecule has 0 aliphatic carbocycles. The molecule has 0 saturated carbocycles. The van der Waals surface area contributed by atoms with Gasteiger partial charge < -0.3 is 29.3 Å². The van der Waals surface area contributed by atoms with Gasteiger partial charge in [0.15, 0.2) is 6.54 Å². The lowest BCUT2D eigenvalue weighted by atomic mass is 10.0. The van der Waals surface area contributed by atoms with E-state index < -0.39 is 0 Å². The van der Waals surface area contributed by atoms with Crippen LogP contribution in [-0.2, 0) is 9.53 Å². The van der Waals surface area contributed by atoms with Crippen LogP contribution in [0.2, 0.25) is 0 Å². The first-order valence-corrected chi connectivity index (χ1v) is 11.0. The van der Waals surface area contributed by atoms with Crippen LogP contribution in [0, 0.1) is 0 Å². The van der Waals surface area contributed by atoms with Crippen LogP contribution in [0.15, 0.2) is 12.1 Å². The first kappa shape index (κ1) is 21.7. The molecule has 0 spiro atoms. The third kappa shape index (κ3) is 5.76. The summed E-state index contributed by atoms with van der Waals surface area (Å²) in [6.07, 6.45) is 3.65. The van der Waals surface area contributed by atoms with Crippen molar-refractivity contribution in [2.24, 2.45) is 0 Å². The smallest absolute Gasteiger partial charge is 0.279 e. The first-order valence-electron chi connectivity index (χ1n) is 11.0. The van der Waals surface area contributed by atoms with Crippen LogP contribution in [0.1, 0.15) is 40.0 Å². The number of likely N-dealkylation sites (tertiary alicyclic amines) is 1. The molecule has 1 unspecified atom stereocenters. The van der Waals surface area contributed by atoms with Gasteiger partial charge in [-0.2, -0.15) is 0 Å². The molecule has 2 N–H and O–H groups in total. The summed E-state index contributed by atoms with van der Waals surface area (Å²) in [5, 5.41) is 3.08. The van der Waals surface area contributed by atoms with E-state index >= 15 is 0 Å². The summed E-state index contributed by atoms with van der Waals surface area (Å²) in [6, 6.07) is 4.43. The van der Waals surface area contributed by atoms with Gasteiger partial charge in [0.1, 0.15) is 11.5 Å². The Bertz CT molecular complexity index is 676. The van der Waals surface area contributed by atoms with E-state index in [-0.39, 0.29) is 5.91 Å². The second-order valence-electron chi connectivity index (χ2n) is 7.81. The third-order valence-electron chi connectivity index (χ3n) is 5.76. The lowest BCUT2D eigenvalue weighted by molar-refractivity contribution is -0.920. The third-order valence-corrected chi connectivity index (χ3v) is 5.76. The molecule has 0 aromatic heterocycles. The fourth-order valence-corrected chi connectivity index (χ4v) is 4.16. The summed E-state index contributed by atoms with van der Waals surface area (Å²) in [4.78, 5) is 16.4. The minimum Gasteiger partial charge on any atom is -0.492 e. The molecule has 1 amide bonds. The number of quaternary nitrogens is 1. The number of amides is 1. The topological polar surface area (TPSA) is 64.5 Å². The van der Waals surface area contributed by atoms with Crippen LogP contribution < -0.4 is 24.6 Å². The van der Waals surface area contributed by atoms with E-state index in [4.69, 9.17) is 14.2 Å². The van der Waals surface area contributed by atoms with Crippen LogP contribution >= 0.6 is 0 Å². The Balaban J connectivity index is 1.80. The molecule has 7 nitrogen and oxygen atoms in total. The number of benzene rings is 1. The SMILES string of the molecule is CCOc1cc(N2CCOCC2)c(OCC)cc1NC(=O)C[NH+]1CCCC[C@@H]1C. The van der Waals surface area contributed by atoms with E-state index in [2.05, 4.69) is 17.1 Å². The summed E-state index contributed by atoms with van der Waals surface area (Å²) >= 11 is 0. The average molecular weight is 407 g/mol. The zero-order valence-electron chi connectivity index (χ0n) is 18.1. The summed E-state index contributed by atoms with van der Waals surface area (Å²) in [5.74, 6) is 1.48. The number of carbonyl (C=O) groups excluding carboxylic acids is 1. The fraction of sp³-hybridized carbons (Fsp3) is 0.682. The van der Waals surface area contributed by atoms with Gasteiger partial charge in [0.2, 0.25) is 0 Å². The highest BCUT2D eigenvalue weighted by Crippen LogP contribution is 2.39. The highest BCUT2D eigenvalue weighted by atomic mass is 16.5.